The molecule has 0 saturated carbocycles. The van der Waals surface area contributed by atoms with Gasteiger partial charge in [0, 0.05) is 11.5 Å². The summed E-state index contributed by atoms with van der Waals surface area (Å²) < 4.78 is 12.3. The second-order valence-electron chi connectivity index (χ2n) is 7.15. The lowest BCUT2D eigenvalue weighted by Crippen LogP contribution is -2.23. The van der Waals surface area contributed by atoms with E-state index in [9.17, 15) is 4.79 Å². The summed E-state index contributed by atoms with van der Waals surface area (Å²) in [6, 6.07) is 7.70. The Morgan fingerprint density at radius 3 is 2.44 bits per heavy atom. The average molecular weight is 373 g/mol. The van der Waals surface area contributed by atoms with Crippen LogP contribution in [0, 0.1) is 11.8 Å². The zero-order valence-corrected chi connectivity index (χ0v) is 17.1. The quantitative estimate of drug-likeness (QED) is 0.596. The number of carbonyl (C=O) groups is 1. The molecule has 6 nitrogen and oxygen atoms in total. The van der Waals surface area contributed by atoms with Gasteiger partial charge in [0.05, 0.1) is 13.7 Å². The molecule has 0 saturated heterocycles. The maximum atomic E-state index is 13.1. The molecule has 0 aliphatic carbocycles. The van der Waals surface area contributed by atoms with Crippen molar-refractivity contribution >= 4 is 5.91 Å². The zero-order valence-electron chi connectivity index (χ0n) is 17.1. The molecule has 0 N–H and O–H groups in total. The Kier molecular flexibility index (Phi) is 7.82. The number of ether oxygens (including phenoxy) is 2. The van der Waals surface area contributed by atoms with Crippen LogP contribution in [-0.2, 0) is 0 Å². The number of nitrogens with zero attached hydrogens (tertiary/aromatic N) is 3. The summed E-state index contributed by atoms with van der Waals surface area (Å²) in [6.07, 6.45) is 3.72. The minimum Gasteiger partial charge on any atom is -0.497 e. The van der Waals surface area contributed by atoms with Crippen LogP contribution in [-0.4, -0.2) is 34.4 Å². The third-order valence-electron chi connectivity index (χ3n) is 4.44. The maximum Gasteiger partial charge on any atom is 0.336 e. The van der Waals surface area contributed by atoms with Crippen LogP contribution in [0.2, 0.25) is 0 Å². The lowest BCUT2D eigenvalue weighted by molar-refractivity contribution is 0.0804. The molecule has 2 aromatic rings. The van der Waals surface area contributed by atoms with Crippen molar-refractivity contribution in [2.75, 3.05) is 13.7 Å². The fourth-order valence-corrected chi connectivity index (χ4v) is 2.80. The van der Waals surface area contributed by atoms with E-state index in [2.05, 4.69) is 30.9 Å². The Balaban J connectivity index is 2.38. The smallest absolute Gasteiger partial charge is 0.336 e. The molecule has 27 heavy (non-hydrogen) atoms. The van der Waals surface area contributed by atoms with Crippen LogP contribution in [0.1, 0.15) is 58.2 Å². The molecule has 0 radical (unpaired) electrons. The van der Waals surface area contributed by atoms with Crippen molar-refractivity contribution in [3.63, 3.8) is 0 Å². The summed E-state index contributed by atoms with van der Waals surface area (Å²) in [6.45, 7) is 8.80. The molecule has 1 heterocycles. The standard InChI is InChI=1S/C21H31N3O3/c1-6-8-9-16(7-2)20(25)24-19(17-10-12-18(26-5)13-11-17)22-21(23-24)27-14-15(3)4/h10-13,15-16H,6-9,14H2,1-5H3. The predicted molar refractivity (Wildman–Crippen MR) is 106 cm³/mol. The van der Waals surface area contributed by atoms with Gasteiger partial charge < -0.3 is 9.47 Å². The number of unbranched alkanes of at least 4 members (excludes halogenated alkanes) is 1. The SMILES string of the molecule is CCCCC(CC)C(=O)n1nc(OCC(C)C)nc1-c1ccc(OC)cc1. The topological polar surface area (TPSA) is 66.2 Å². The van der Waals surface area contributed by atoms with E-state index in [0.717, 1.165) is 37.0 Å². The minimum absolute atomic E-state index is 0.0244. The van der Waals surface area contributed by atoms with Gasteiger partial charge in [0.15, 0.2) is 5.82 Å². The van der Waals surface area contributed by atoms with Crippen molar-refractivity contribution in [1.82, 2.24) is 14.8 Å². The van der Waals surface area contributed by atoms with Crippen molar-refractivity contribution < 1.29 is 14.3 Å². The first-order valence-electron chi connectivity index (χ1n) is 9.78. The number of benzene rings is 1. The third kappa shape index (κ3) is 5.55. The molecule has 0 aliphatic rings. The number of hydrogen-bond acceptors (Lipinski definition) is 5. The highest BCUT2D eigenvalue weighted by molar-refractivity contribution is 5.84. The van der Waals surface area contributed by atoms with E-state index >= 15 is 0 Å². The van der Waals surface area contributed by atoms with Crippen molar-refractivity contribution in [1.29, 1.82) is 0 Å². The lowest BCUT2D eigenvalue weighted by atomic mass is 9.98. The van der Waals surface area contributed by atoms with Gasteiger partial charge in [-0.25, -0.2) is 0 Å². The molecule has 1 aromatic heterocycles. The first-order chi connectivity index (χ1) is 13.0. The van der Waals surface area contributed by atoms with Crippen molar-refractivity contribution in [3.8, 4) is 23.1 Å². The van der Waals surface area contributed by atoms with E-state index in [1.54, 1.807) is 7.11 Å². The van der Waals surface area contributed by atoms with Gasteiger partial charge in [-0.15, -0.1) is 5.10 Å². The van der Waals surface area contributed by atoms with Crippen molar-refractivity contribution in [2.24, 2.45) is 11.8 Å². The minimum atomic E-state index is -0.0680. The van der Waals surface area contributed by atoms with Crippen molar-refractivity contribution in [2.45, 2.75) is 53.4 Å². The summed E-state index contributed by atoms with van der Waals surface area (Å²) in [5, 5.41) is 4.38. The molecule has 0 fully saturated rings. The molecule has 0 spiro atoms. The molecule has 1 aromatic carbocycles. The molecule has 148 valence electrons. The molecule has 0 amide bonds. The Morgan fingerprint density at radius 1 is 1.19 bits per heavy atom. The van der Waals surface area contributed by atoms with Crippen LogP contribution in [0.4, 0.5) is 0 Å². The highest BCUT2D eigenvalue weighted by Gasteiger charge is 2.24. The second kappa shape index (κ2) is 10.1. The van der Waals surface area contributed by atoms with Gasteiger partial charge in [-0.2, -0.15) is 9.67 Å². The molecule has 0 bridgehead atoms. The van der Waals surface area contributed by atoms with Crippen LogP contribution >= 0.6 is 0 Å². The number of aromatic nitrogens is 3. The number of carbonyl (C=O) groups excluding carboxylic acids is 1. The number of rotatable bonds is 10. The number of methoxy groups -OCH3 is 1. The van der Waals surface area contributed by atoms with Crippen LogP contribution in [0.15, 0.2) is 24.3 Å². The van der Waals surface area contributed by atoms with Gasteiger partial charge in [0.25, 0.3) is 5.91 Å². The largest absolute Gasteiger partial charge is 0.497 e. The summed E-state index contributed by atoms with van der Waals surface area (Å²) in [5.74, 6) is 1.52. The Labute approximate surface area is 161 Å². The summed E-state index contributed by atoms with van der Waals surface area (Å²) in [4.78, 5) is 17.6. The van der Waals surface area contributed by atoms with E-state index in [1.165, 1.54) is 4.68 Å². The summed E-state index contributed by atoms with van der Waals surface area (Å²) >= 11 is 0. The molecule has 6 heteroatoms. The van der Waals surface area contributed by atoms with Gasteiger partial charge in [0.1, 0.15) is 5.75 Å². The molecule has 2 rings (SSSR count). The molecule has 1 unspecified atom stereocenters. The zero-order chi connectivity index (χ0) is 19.8. The van der Waals surface area contributed by atoms with Gasteiger partial charge in [-0.05, 0) is 43.0 Å². The monoisotopic (exact) mass is 373 g/mol. The number of hydrogen-bond donors (Lipinski definition) is 0. The molecule has 0 aliphatic heterocycles. The lowest BCUT2D eigenvalue weighted by Gasteiger charge is -2.14. The first-order valence-corrected chi connectivity index (χ1v) is 9.78. The van der Waals surface area contributed by atoms with Gasteiger partial charge in [-0.3, -0.25) is 4.79 Å². The molecule has 1 atom stereocenters. The summed E-state index contributed by atoms with van der Waals surface area (Å²) in [5.41, 5.74) is 0.807. The predicted octanol–water partition coefficient (Wildman–Crippen LogP) is 4.85. The van der Waals surface area contributed by atoms with E-state index in [0.29, 0.717) is 18.3 Å². The van der Waals surface area contributed by atoms with Crippen LogP contribution in [0.25, 0.3) is 11.4 Å². The van der Waals surface area contributed by atoms with E-state index < -0.39 is 0 Å². The maximum absolute atomic E-state index is 13.1. The van der Waals surface area contributed by atoms with Gasteiger partial charge in [0.2, 0.25) is 0 Å². The average Bonchev–Trinajstić information content (AvgIpc) is 3.11. The first kappa shape index (κ1) is 20.9. The fraction of sp³-hybridized carbons (Fsp3) is 0.571. The van der Waals surface area contributed by atoms with E-state index in [-0.39, 0.29) is 17.8 Å². The van der Waals surface area contributed by atoms with Crippen molar-refractivity contribution in [3.05, 3.63) is 24.3 Å². The second-order valence-corrected chi connectivity index (χ2v) is 7.15. The van der Waals surface area contributed by atoms with Crippen LogP contribution in [0.3, 0.4) is 0 Å². The Hall–Kier alpha value is -2.37. The highest BCUT2D eigenvalue weighted by Crippen LogP contribution is 2.25. The van der Waals surface area contributed by atoms with Gasteiger partial charge >= 0.3 is 6.01 Å². The van der Waals surface area contributed by atoms with Crippen LogP contribution < -0.4 is 9.47 Å². The molecular weight excluding hydrogens is 342 g/mol. The fourth-order valence-electron chi connectivity index (χ4n) is 2.80. The van der Waals surface area contributed by atoms with Gasteiger partial charge in [-0.1, -0.05) is 40.5 Å². The van der Waals surface area contributed by atoms with E-state index in [4.69, 9.17) is 9.47 Å². The third-order valence-corrected chi connectivity index (χ3v) is 4.44. The van der Waals surface area contributed by atoms with Crippen LogP contribution in [0.5, 0.6) is 11.8 Å². The van der Waals surface area contributed by atoms with E-state index in [1.807, 2.05) is 31.2 Å². The Morgan fingerprint density at radius 2 is 1.89 bits per heavy atom. The highest BCUT2D eigenvalue weighted by atomic mass is 16.5. The summed E-state index contributed by atoms with van der Waals surface area (Å²) in [7, 11) is 1.62. The molecular formula is C21H31N3O3. The Bertz CT molecular complexity index is 723. The normalized spacial score (nSPS) is 12.2.